The summed E-state index contributed by atoms with van der Waals surface area (Å²) in [5.74, 6) is 1.03. The zero-order valence-corrected chi connectivity index (χ0v) is 11.7. The third-order valence-corrected chi connectivity index (χ3v) is 3.63. The van der Waals surface area contributed by atoms with E-state index in [0.717, 1.165) is 18.8 Å². The smallest absolute Gasteiger partial charge is 0.122 e. The van der Waals surface area contributed by atoms with Gasteiger partial charge in [-0.1, -0.05) is 26.8 Å². The second kappa shape index (κ2) is 4.37. The number of hydrogen-bond acceptors (Lipinski definition) is 2. The first-order chi connectivity index (χ1) is 9.04. The molecule has 0 aliphatic carbocycles. The first-order valence-corrected chi connectivity index (χ1v) is 6.76. The summed E-state index contributed by atoms with van der Waals surface area (Å²) in [7, 11) is 0. The number of ether oxygens (including phenoxy) is 1. The Morgan fingerprint density at radius 3 is 2.68 bits per heavy atom. The van der Waals surface area contributed by atoms with Gasteiger partial charge < -0.3 is 4.74 Å². The fourth-order valence-electron chi connectivity index (χ4n) is 2.37. The van der Waals surface area contributed by atoms with Gasteiger partial charge in [-0.25, -0.2) is 0 Å². The van der Waals surface area contributed by atoms with Crippen LogP contribution < -0.4 is 4.74 Å². The highest BCUT2D eigenvalue weighted by atomic mass is 16.5. The maximum absolute atomic E-state index is 5.55. The summed E-state index contributed by atoms with van der Waals surface area (Å²) in [4.78, 5) is 4.39. The monoisotopic (exact) mass is 253 g/mol. The van der Waals surface area contributed by atoms with Crippen LogP contribution in [-0.2, 0) is 11.8 Å². The minimum absolute atomic E-state index is 0.128. The highest BCUT2D eigenvalue weighted by Crippen LogP contribution is 2.32. The Bertz CT molecular complexity index is 611. The van der Waals surface area contributed by atoms with E-state index in [2.05, 4.69) is 50.0 Å². The van der Waals surface area contributed by atoms with E-state index in [0.29, 0.717) is 0 Å². The van der Waals surface area contributed by atoms with Gasteiger partial charge in [-0.15, -0.1) is 0 Å². The average Bonchev–Trinajstić information content (AvgIpc) is 2.85. The van der Waals surface area contributed by atoms with E-state index in [1.807, 2.05) is 12.4 Å². The molecular weight excluding hydrogens is 234 g/mol. The molecule has 1 aromatic heterocycles. The van der Waals surface area contributed by atoms with Crippen LogP contribution in [0.15, 0.2) is 36.7 Å². The standard InChI is InChI=1S/C17H19NO/c1-17(2,3)15-9-14(10-18-11-15)12-4-5-16-13(8-12)6-7-19-16/h4-5,8-11H,6-7H2,1-3H3. The van der Waals surface area contributed by atoms with Crippen molar-refractivity contribution in [3.8, 4) is 16.9 Å². The van der Waals surface area contributed by atoms with Crippen LogP contribution in [0.25, 0.3) is 11.1 Å². The summed E-state index contributed by atoms with van der Waals surface area (Å²) in [5, 5.41) is 0. The lowest BCUT2D eigenvalue weighted by Gasteiger charge is -2.19. The van der Waals surface area contributed by atoms with Gasteiger partial charge in [0.15, 0.2) is 0 Å². The first-order valence-electron chi connectivity index (χ1n) is 6.76. The van der Waals surface area contributed by atoms with Gasteiger partial charge in [0, 0.05) is 24.4 Å². The molecule has 0 amide bonds. The number of nitrogens with zero attached hydrogens (tertiary/aromatic N) is 1. The summed E-state index contributed by atoms with van der Waals surface area (Å²) in [6.45, 7) is 7.44. The second-order valence-electron chi connectivity index (χ2n) is 6.13. The quantitative estimate of drug-likeness (QED) is 0.767. The van der Waals surface area contributed by atoms with E-state index < -0.39 is 0 Å². The van der Waals surface area contributed by atoms with Gasteiger partial charge in [-0.05, 0) is 40.3 Å². The van der Waals surface area contributed by atoms with Crippen molar-refractivity contribution in [3.63, 3.8) is 0 Å². The van der Waals surface area contributed by atoms with Crippen LogP contribution in [0.1, 0.15) is 31.9 Å². The van der Waals surface area contributed by atoms with E-state index in [1.54, 1.807) is 0 Å². The highest BCUT2D eigenvalue weighted by molar-refractivity contribution is 5.66. The van der Waals surface area contributed by atoms with Crippen molar-refractivity contribution in [1.82, 2.24) is 4.98 Å². The van der Waals surface area contributed by atoms with E-state index in [4.69, 9.17) is 4.74 Å². The van der Waals surface area contributed by atoms with Crippen LogP contribution >= 0.6 is 0 Å². The Kier molecular flexibility index (Phi) is 2.81. The lowest BCUT2D eigenvalue weighted by atomic mass is 9.87. The van der Waals surface area contributed by atoms with Crippen LogP contribution in [0.3, 0.4) is 0 Å². The lowest BCUT2D eigenvalue weighted by molar-refractivity contribution is 0.357. The van der Waals surface area contributed by atoms with Crippen LogP contribution in [0.4, 0.5) is 0 Å². The minimum Gasteiger partial charge on any atom is -0.493 e. The third-order valence-electron chi connectivity index (χ3n) is 3.63. The van der Waals surface area contributed by atoms with Gasteiger partial charge in [0.2, 0.25) is 0 Å². The fraction of sp³-hybridized carbons (Fsp3) is 0.353. The average molecular weight is 253 g/mol. The zero-order chi connectivity index (χ0) is 13.5. The molecule has 19 heavy (non-hydrogen) atoms. The van der Waals surface area contributed by atoms with E-state index >= 15 is 0 Å². The summed E-state index contributed by atoms with van der Waals surface area (Å²) in [6.07, 6.45) is 4.91. The molecule has 0 spiro atoms. The third kappa shape index (κ3) is 2.35. The molecular formula is C17H19NO. The molecule has 0 unspecified atom stereocenters. The Hall–Kier alpha value is -1.83. The van der Waals surface area contributed by atoms with Crippen LogP contribution in [0, 0.1) is 0 Å². The maximum atomic E-state index is 5.55. The number of pyridine rings is 1. The predicted octanol–water partition coefficient (Wildman–Crippen LogP) is 3.98. The predicted molar refractivity (Wildman–Crippen MR) is 77.6 cm³/mol. The molecule has 0 atom stereocenters. The van der Waals surface area contributed by atoms with Crippen molar-refractivity contribution in [1.29, 1.82) is 0 Å². The van der Waals surface area contributed by atoms with Gasteiger partial charge >= 0.3 is 0 Å². The number of fused-ring (bicyclic) bond motifs is 1. The maximum Gasteiger partial charge on any atom is 0.122 e. The molecule has 0 radical (unpaired) electrons. The molecule has 0 bridgehead atoms. The Labute approximate surface area is 114 Å². The van der Waals surface area contributed by atoms with E-state index in [9.17, 15) is 0 Å². The second-order valence-corrected chi connectivity index (χ2v) is 6.13. The first kappa shape index (κ1) is 12.2. The van der Waals surface area contributed by atoms with Crippen molar-refractivity contribution in [2.45, 2.75) is 32.6 Å². The van der Waals surface area contributed by atoms with Crippen LogP contribution in [-0.4, -0.2) is 11.6 Å². The molecule has 0 fully saturated rings. The lowest BCUT2D eigenvalue weighted by Crippen LogP contribution is -2.11. The number of benzene rings is 1. The molecule has 2 aromatic rings. The number of rotatable bonds is 1. The molecule has 0 saturated carbocycles. The van der Waals surface area contributed by atoms with Gasteiger partial charge in [-0.2, -0.15) is 0 Å². The largest absolute Gasteiger partial charge is 0.493 e. The molecule has 1 aliphatic heterocycles. The molecule has 2 heteroatoms. The Morgan fingerprint density at radius 1 is 1.05 bits per heavy atom. The topological polar surface area (TPSA) is 22.1 Å². The summed E-state index contributed by atoms with van der Waals surface area (Å²) < 4.78 is 5.55. The van der Waals surface area contributed by atoms with Gasteiger partial charge in [-0.3, -0.25) is 4.98 Å². The van der Waals surface area contributed by atoms with Gasteiger partial charge in [0.05, 0.1) is 6.61 Å². The number of aromatic nitrogens is 1. The van der Waals surface area contributed by atoms with Gasteiger partial charge in [0.25, 0.3) is 0 Å². The summed E-state index contributed by atoms with van der Waals surface area (Å²) >= 11 is 0. The minimum atomic E-state index is 0.128. The van der Waals surface area contributed by atoms with Crippen LogP contribution in [0.2, 0.25) is 0 Å². The highest BCUT2D eigenvalue weighted by Gasteiger charge is 2.16. The molecule has 0 N–H and O–H groups in total. The molecule has 2 nitrogen and oxygen atoms in total. The van der Waals surface area contributed by atoms with Crippen molar-refractivity contribution >= 4 is 0 Å². The zero-order valence-electron chi connectivity index (χ0n) is 11.7. The van der Waals surface area contributed by atoms with E-state index in [1.165, 1.54) is 22.3 Å². The fourth-order valence-corrected chi connectivity index (χ4v) is 2.37. The molecule has 1 aliphatic rings. The van der Waals surface area contributed by atoms with Gasteiger partial charge in [0.1, 0.15) is 5.75 Å². The van der Waals surface area contributed by atoms with Crippen molar-refractivity contribution in [2.24, 2.45) is 0 Å². The van der Waals surface area contributed by atoms with Crippen molar-refractivity contribution in [3.05, 3.63) is 47.8 Å². The normalized spacial score (nSPS) is 14.1. The van der Waals surface area contributed by atoms with E-state index in [-0.39, 0.29) is 5.41 Å². The Balaban J connectivity index is 2.03. The molecule has 2 heterocycles. The summed E-state index contributed by atoms with van der Waals surface area (Å²) in [6, 6.07) is 8.66. The molecule has 0 saturated heterocycles. The summed E-state index contributed by atoms with van der Waals surface area (Å²) in [5.41, 5.74) is 5.11. The molecule has 3 rings (SSSR count). The van der Waals surface area contributed by atoms with Crippen molar-refractivity contribution in [2.75, 3.05) is 6.61 Å². The Morgan fingerprint density at radius 2 is 1.89 bits per heavy atom. The van der Waals surface area contributed by atoms with Crippen molar-refractivity contribution < 1.29 is 4.74 Å². The molecule has 98 valence electrons. The SMILES string of the molecule is CC(C)(C)c1cncc(-c2ccc3c(c2)CCO3)c1. The molecule has 1 aromatic carbocycles. The number of hydrogen-bond donors (Lipinski definition) is 0. The van der Waals surface area contributed by atoms with Crippen LogP contribution in [0.5, 0.6) is 5.75 Å².